The minimum Gasteiger partial charge on any atom is -0.395 e. The number of amides is 1. The fourth-order valence-electron chi connectivity index (χ4n) is 6.45. The van der Waals surface area contributed by atoms with Crippen molar-refractivity contribution in [1.29, 1.82) is 0 Å². The summed E-state index contributed by atoms with van der Waals surface area (Å²) in [6.45, 7) is 2.24. The van der Waals surface area contributed by atoms with Crippen LogP contribution in [-0.4, -0.2) is 71.7 Å². The summed E-state index contributed by atoms with van der Waals surface area (Å²) in [4.78, 5) is 37.8. The molecule has 2 fully saturated rings. The van der Waals surface area contributed by atoms with Crippen LogP contribution >= 0.6 is 0 Å². The number of aliphatic hydroxyl groups excluding tert-OH is 2. The number of pyridine rings is 1. The summed E-state index contributed by atoms with van der Waals surface area (Å²) in [7, 11) is 0. The standard InChI is InChI=1S/C31H34N6O4/c1-18(40)26-27(21-12-22-9-10-23(13-21)36(22)30(41)31(2,16-38)17-39)35-29-24(15-34-37(29)28(26)32)20-8-11-25(33-14-20)19-6-4-3-5-7-19/h3-8,11,14-15,21-23,38-39H,9-10,12-13,16-17,32H2,1-2H3/t21-,22+,23-. The summed E-state index contributed by atoms with van der Waals surface area (Å²) in [6, 6.07) is 13.7. The van der Waals surface area contributed by atoms with E-state index in [0.717, 1.165) is 35.2 Å². The molecule has 6 rings (SSSR count). The molecule has 2 saturated heterocycles. The van der Waals surface area contributed by atoms with Gasteiger partial charge in [0.15, 0.2) is 11.4 Å². The van der Waals surface area contributed by atoms with Gasteiger partial charge in [-0.1, -0.05) is 36.4 Å². The van der Waals surface area contributed by atoms with Gasteiger partial charge in [-0.2, -0.15) is 9.61 Å². The van der Waals surface area contributed by atoms with Crippen molar-refractivity contribution in [3.63, 3.8) is 0 Å². The van der Waals surface area contributed by atoms with Crippen LogP contribution in [0.5, 0.6) is 0 Å². The van der Waals surface area contributed by atoms with Crippen LogP contribution in [0.25, 0.3) is 28.0 Å². The molecule has 212 valence electrons. The number of rotatable bonds is 7. The van der Waals surface area contributed by atoms with Crippen LogP contribution < -0.4 is 5.73 Å². The summed E-state index contributed by atoms with van der Waals surface area (Å²) < 4.78 is 1.52. The van der Waals surface area contributed by atoms with Crippen molar-refractivity contribution in [3.05, 3.63) is 66.1 Å². The second-order valence-corrected chi connectivity index (χ2v) is 11.5. The molecule has 2 aliphatic rings. The van der Waals surface area contributed by atoms with Gasteiger partial charge >= 0.3 is 0 Å². The number of fused-ring (bicyclic) bond motifs is 3. The van der Waals surface area contributed by atoms with Crippen LogP contribution in [0.3, 0.4) is 0 Å². The maximum Gasteiger partial charge on any atom is 0.233 e. The number of ketones is 1. The predicted octanol–water partition coefficient (Wildman–Crippen LogP) is 3.47. The monoisotopic (exact) mass is 554 g/mol. The highest BCUT2D eigenvalue weighted by atomic mass is 16.3. The normalized spacial score (nSPS) is 20.5. The van der Waals surface area contributed by atoms with Gasteiger partial charge in [0.05, 0.1) is 41.8 Å². The number of hydrogen-bond acceptors (Lipinski definition) is 8. The zero-order chi connectivity index (χ0) is 28.9. The Morgan fingerprint density at radius 2 is 1.68 bits per heavy atom. The number of carbonyl (C=O) groups excluding carboxylic acids is 2. The lowest BCUT2D eigenvalue weighted by Gasteiger charge is -2.42. The van der Waals surface area contributed by atoms with E-state index < -0.39 is 18.6 Å². The summed E-state index contributed by atoms with van der Waals surface area (Å²) in [5, 5.41) is 24.1. The first-order valence-corrected chi connectivity index (χ1v) is 14.0. The van der Waals surface area contributed by atoms with E-state index in [1.54, 1.807) is 19.3 Å². The molecule has 0 unspecified atom stereocenters. The topological polar surface area (TPSA) is 147 Å². The average molecular weight is 555 g/mol. The zero-order valence-corrected chi connectivity index (χ0v) is 23.2. The molecule has 41 heavy (non-hydrogen) atoms. The number of piperidine rings is 1. The molecule has 1 amide bonds. The van der Waals surface area contributed by atoms with Crippen molar-refractivity contribution in [3.8, 4) is 22.4 Å². The number of hydrogen-bond donors (Lipinski definition) is 3. The van der Waals surface area contributed by atoms with E-state index in [2.05, 4.69) is 10.1 Å². The van der Waals surface area contributed by atoms with Gasteiger partial charge in [0, 0.05) is 40.9 Å². The number of carbonyl (C=O) groups is 2. The highest BCUT2D eigenvalue weighted by molar-refractivity contribution is 6.00. The molecule has 2 bridgehead atoms. The first kappa shape index (κ1) is 27.0. The molecule has 0 radical (unpaired) electrons. The second kappa shape index (κ2) is 10.4. The van der Waals surface area contributed by atoms with Gasteiger partial charge < -0.3 is 20.8 Å². The van der Waals surface area contributed by atoms with E-state index in [4.69, 9.17) is 10.7 Å². The third-order valence-electron chi connectivity index (χ3n) is 8.78. The predicted molar refractivity (Wildman–Crippen MR) is 154 cm³/mol. The molecule has 1 aromatic carbocycles. The summed E-state index contributed by atoms with van der Waals surface area (Å²) in [5.41, 5.74) is 10.4. The molecule has 0 spiro atoms. The van der Waals surface area contributed by atoms with Gasteiger partial charge in [0.25, 0.3) is 0 Å². The number of aliphatic hydroxyl groups is 2. The maximum atomic E-state index is 13.4. The van der Waals surface area contributed by atoms with Crippen LogP contribution in [0.15, 0.2) is 54.9 Å². The van der Waals surface area contributed by atoms with Crippen molar-refractivity contribution in [2.24, 2.45) is 5.41 Å². The fourth-order valence-corrected chi connectivity index (χ4v) is 6.45. The number of Topliss-reactive ketones (excluding diaryl/α,β-unsaturated/α-hetero) is 1. The molecular weight excluding hydrogens is 520 g/mol. The van der Waals surface area contributed by atoms with E-state index >= 15 is 0 Å². The molecule has 0 aliphatic carbocycles. The number of aromatic nitrogens is 4. The van der Waals surface area contributed by atoms with E-state index in [0.29, 0.717) is 29.7 Å². The Kier molecular flexibility index (Phi) is 6.83. The lowest BCUT2D eigenvalue weighted by atomic mass is 9.82. The third kappa shape index (κ3) is 4.47. The van der Waals surface area contributed by atoms with Crippen LogP contribution in [0.4, 0.5) is 5.82 Å². The van der Waals surface area contributed by atoms with Gasteiger partial charge in [-0.05, 0) is 45.6 Å². The molecule has 5 heterocycles. The van der Waals surface area contributed by atoms with Gasteiger partial charge in [-0.3, -0.25) is 14.6 Å². The molecular formula is C31H34N6O4. The van der Waals surface area contributed by atoms with Gasteiger partial charge in [-0.25, -0.2) is 4.98 Å². The van der Waals surface area contributed by atoms with Crippen molar-refractivity contribution >= 4 is 23.2 Å². The second-order valence-electron chi connectivity index (χ2n) is 11.5. The summed E-state index contributed by atoms with van der Waals surface area (Å²) in [5.74, 6) is -0.250. The summed E-state index contributed by atoms with van der Waals surface area (Å²) in [6.07, 6.45) is 6.37. The summed E-state index contributed by atoms with van der Waals surface area (Å²) >= 11 is 0. The van der Waals surface area contributed by atoms with E-state index in [1.165, 1.54) is 11.4 Å². The number of nitrogen functional groups attached to an aromatic ring is 1. The number of nitrogens with two attached hydrogens (primary N) is 1. The lowest BCUT2D eigenvalue weighted by molar-refractivity contribution is -0.151. The maximum absolute atomic E-state index is 13.4. The molecule has 2 aliphatic heterocycles. The van der Waals surface area contributed by atoms with Gasteiger partial charge in [-0.15, -0.1) is 0 Å². The molecule has 4 aromatic rings. The van der Waals surface area contributed by atoms with Crippen molar-refractivity contribution in [2.45, 2.75) is 57.5 Å². The van der Waals surface area contributed by atoms with E-state index in [9.17, 15) is 19.8 Å². The third-order valence-corrected chi connectivity index (χ3v) is 8.78. The SMILES string of the molecule is CC(=O)c1c([C@H]2C[C@H]3CC[C@@H](C2)N3C(=O)C(C)(CO)CO)nc2c(-c3ccc(-c4ccccc4)nc3)cnn2c1N. The Morgan fingerprint density at radius 3 is 2.27 bits per heavy atom. The highest BCUT2D eigenvalue weighted by Crippen LogP contribution is 2.46. The van der Waals surface area contributed by atoms with Gasteiger partial charge in [0.1, 0.15) is 5.82 Å². The number of anilines is 1. The van der Waals surface area contributed by atoms with Gasteiger partial charge in [0.2, 0.25) is 5.91 Å². The number of benzene rings is 1. The van der Waals surface area contributed by atoms with Crippen LogP contribution in [0.2, 0.25) is 0 Å². The quantitative estimate of drug-likeness (QED) is 0.294. The highest BCUT2D eigenvalue weighted by Gasteiger charge is 2.49. The fraction of sp³-hybridized carbons (Fsp3) is 0.387. The molecule has 3 aromatic heterocycles. The Bertz CT molecular complexity index is 1600. The van der Waals surface area contributed by atoms with E-state index in [-0.39, 0.29) is 35.5 Å². The Hall–Kier alpha value is -4.15. The molecule has 10 nitrogen and oxygen atoms in total. The Balaban J connectivity index is 1.37. The molecule has 3 atom stereocenters. The van der Waals surface area contributed by atoms with Crippen molar-refractivity contribution in [2.75, 3.05) is 18.9 Å². The van der Waals surface area contributed by atoms with Crippen LogP contribution in [0, 0.1) is 5.41 Å². The molecule has 4 N–H and O–H groups in total. The minimum atomic E-state index is -1.23. The first-order chi connectivity index (χ1) is 19.8. The zero-order valence-electron chi connectivity index (χ0n) is 23.2. The van der Waals surface area contributed by atoms with Crippen LogP contribution in [0.1, 0.15) is 61.5 Å². The average Bonchev–Trinajstić information content (AvgIpc) is 3.54. The minimum absolute atomic E-state index is 0.0677. The van der Waals surface area contributed by atoms with Crippen molar-refractivity contribution in [1.82, 2.24) is 24.5 Å². The smallest absolute Gasteiger partial charge is 0.233 e. The number of nitrogens with zero attached hydrogens (tertiary/aromatic N) is 5. The van der Waals surface area contributed by atoms with E-state index in [1.807, 2.05) is 47.4 Å². The first-order valence-electron chi connectivity index (χ1n) is 14.0. The molecule has 0 saturated carbocycles. The van der Waals surface area contributed by atoms with Crippen LogP contribution in [-0.2, 0) is 4.79 Å². The van der Waals surface area contributed by atoms with Crippen molar-refractivity contribution < 1.29 is 19.8 Å². The lowest BCUT2D eigenvalue weighted by Crippen LogP contribution is -2.54. The largest absolute Gasteiger partial charge is 0.395 e. The molecule has 10 heteroatoms. The Morgan fingerprint density at radius 1 is 1.00 bits per heavy atom. The Labute approximate surface area is 237 Å².